The van der Waals surface area contributed by atoms with Crippen molar-refractivity contribution in [2.45, 2.75) is 60.3 Å². The third-order valence-electron chi connectivity index (χ3n) is 4.42. The average Bonchev–Trinajstić information content (AvgIpc) is 2.61. The number of ketones is 1. The van der Waals surface area contributed by atoms with Crippen LogP contribution in [0.25, 0.3) is 0 Å². The van der Waals surface area contributed by atoms with Gasteiger partial charge in [-0.25, -0.2) is 0 Å². The van der Waals surface area contributed by atoms with Crippen molar-refractivity contribution in [1.82, 2.24) is 0 Å². The highest BCUT2D eigenvalue weighted by Gasteiger charge is 2.45. The molecule has 0 radical (unpaired) electrons. The van der Waals surface area contributed by atoms with Gasteiger partial charge in [0.1, 0.15) is 19.0 Å². The molecule has 0 aromatic carbocycles. The molecule has 8 heteroatoms. The van der Waals surface area contributed by atoms with E-state index in [4.69, 9.17) is 14.2 Å². The summed E-state index contributed by atoms with van der Waals surface area (Å²) in [5, 5.41) is 0. The first-order chi connectivity index (χ1) is 12.5. The normalized spacial score (nSPS) is 15.2. The van der Waals surface area contributed by atoms with Crippen molar-refractivity contribution in [3.63, 3.8) is 0 Å². The molecule has 0 rings (SSSR count). The van der Waals surface area contributed by atoms with E-state index in [1.54, 1.807) is 13.8 Å². The van der Waals surface area contributed by atoms with Crippen LogP contribution in [0.2, 0.25) is 0 Å². The Hall–Kier alpha value is -1.57. The number of Topliss-reactive ketones (excluding diaryl/α,β-unsaturated/α-hetero) is 1. The van der Waals surface area contributed by atoms with Gasteiger partial charge < -0.3 is 19.0 Å². The lowest BCUT2D eigenvalue weighted by Crippen LogP contribution is -2.41. The van der Waals surface area contributed by atoms with E-state index in [-0.39, 0.29) is 37.8 Å². The lowest BCUT2D eigenvalue weighted by atomic mass is 9.72. The number of esters is 3. The predicted molar refractivity (Wildman–Crippen MR) is 103 cm³/mol. The second-order valence-corrected chi connectivity index (χ2v) is 7.54. The molecule has 0 amide bonds. The highest BCUT2D eigenvalue weighted by molar-refractivity contribution is 7.80. The van der Waals surface area contributed by atoms with Gasteiger partial charge in [0.25, 0.3) is 0 Å². The van der Waals surface area contributed by atoms with E-state index in [9.17, 15) is 19.2 Å². The quantitative estimate of drug-likeness (QED) is 0.218. The molecule has 0 aliphatic rings. The molecular weight excluding hydrogens is 372 g/mol. The lowest BCUT2D eigenvalue weighted by molar-refractivity contribution is -0.165. The highest BCUT2D eigenvalue weighted by atomic mass is 32.1. The Morgan fingerprint density at radius 2 is 1.37 bits per heavy atom. The van der Waals surface area contributed by atoms with Gasteiger partial charge in [0.15, 0.2) is 0 Å². The van der Waals surface area contributed by atoms with Crippen molar-refractivity contribution in [3.05, 3.63) is 0 Å². The average molecular weight is 405 g/mol. The zero-order valence-electron chi connectivity index (χ0n) is 17.0. The molecule has 0 N–H and O–H groups in total. The van der Waals surface area contributed by atoms with Crippen molar-refractivity contribution in [1.29, 1.82) is 0 Å². The summed E-state index contributed by atoms with van der Waals surface area (Å²) < 4.78 is 15.3. The van der Waals surface area contributed by atoms with Crippen molar-refractivity contribution in [3.8, 4) is 0 Å². The van der Waals surface area contributed by atoms with E-state index < -0.39 is 28.7 Å². The first-order valence-electron chi connectivity index (χ1n) is 9.09. The van der Waals surface area contributed by atoms with Crippen molar-refractivity contribution < 1.29 is 33.4 Å². The predicted octanol–water partition coefficient (Wildman–Crippen LogP) is 2.75. The Morgan fingerprint density at radius 3 is 1.85 bits per heavy atom. The Kier molecular flexibility index (Phi) is 11.3. The molecule has 0 bridgehead atoms. The van der Waals surface area contributed by atoms with E-state index in [0.717, 1.165) is 0 Å². The molecule has 0 saturated heterocycles. The maximum atomic E-state index is 12.5. The summed E-state index contributed by atoms with van der Waals surface area (Å²) in [7, 11) is 0. The van der Waals surface area contributed by atoms with Gasteiger partial charge in [0, 0.05) is 19.1 Å². The molecule has 2 atom stereocenters. The third-order valence-corrected chi connectivity index (χ3v) is 5.12. The number of carbonyl (C=O) groups excluding carboxylic acids is 4. The number of ether oxygens (including phenoxy) is 3. The Morgan fingerprint density at radius 1 is 0.852 bits per heavy atom. The molecule has 156 valence electrons. The molecule has 2 unspecified atom stereocenters. The molecule has 0 aliphatic carbocycles. The molecule has 0 saturated carbocycles. The van der Waals surface area contributed by atoms with Crippen LogP contribution in [0.3, 0.4) is 0 Å². The molecule has 7 nitrogen and oxygen atoms in total. The minimum atomic E-state index is -0.973. The summed E-state index contributed by atoms with van der Waals surface area (Å²) in [6.45, 7) is 8.13. The smallest absolute Gasteiger partial charge is 0.312 e. The molecular formula is C19H32O7S. The summed E-state index contributed by atoms with van der Waals surface area (Å²) in [5.74, 6) is -1.12. The minimum Gasteiger partial charge on any atom is -0.465 e. The highest BCUT2D eigenvalue weighted by Crippen LogP contribution is 2.39. The second-order valence-electron chi connectivity index (χ2n) is 7.23. The number of rotatable bonds is 13. The van der Waals surface area contributed by atoms with Crippen LogP contribution in [0.4, 0.5) is 0 Å². The molecule has 0 heterocycles. The third kappa shape index (κ3) is 9.26. The van der Waals surface area contributed by atoms with Crippen LogP contribution in [0, 0.1) is 10.8 Å². The largest absolute Gasteiger partial charge is 0.465 e. The maximum absolute atomic E-state index is 12.5. The van der Waals surface area contributed by atoms with Crippen LogP contribution < -0.4 is 0 Å². The van der Waals surface area contributed by atoms with Gasteiger partial charge in [0.2, 0.25) is 0 Å². The van der Waals surface area contributed by atoms with Gasteiger partial charge in [-0.3, -0.25) is 14.4 Å². The maximum Gasteiger partial charge on any atom is 0.312 e. The second kappa shape index (κ2) is 12.0. The molecule has 0 spiro atoms. The molecule has 0 aromatic heterocycles. The van der Waals surface area contributed by atoms with Crippen LogP contribution in [0.5, 0.6) is 0 Å². The standard InChI is InChI=1S/C19H32O7S/c1-6-18(4,16(22)26-11-10-24-15(3)21)12-19(5,13-27)17(23)25-9-7-8-14(2)20/h27H,6-13H2,1-5H3. The topological polar surface area (TPSA) is 96.0 Å². The van der Waals surface area contributed by atoms with Gasteiger partial charge in [-0.2, -0.15) is 12.6 Å². The van der Waals surface area contributed by atoms with E-state index >= 15 is 0 Å². The number of carbonyl (C=O) groups is 4. The number of thiol groups is 1. The van der Waals surface area contributed by atoms with Crippen LogP contribution in [-0.4, -0.2) is 49.3 Å². The molecule has 0 fully saturated rings. The molecule has 0 aromatic rings. The van der Waals surface area contributed by atoms with Crippen LogP contribution in [-0.2, 0) is 33.4 Å². The zero-order valence-corrected chi connectivity index (χ0v) is 17.9. The SMILES string of the molecule is CCC(C)(CC(C)(CS)C(=O)OCCCC(C)=O)C(=O)OCCOC(C)=O. The summed E-state index contributed by atoms with van der Waals surface area (Å²) in [4.78, 5) is 46.7. The van der Waals surface area contributed by atoms with Gasteiger partial charge in [-0.15, -0.1) is 0 Å². The first-order valence-corrected chi connectivity index (χ1v) is 9.72. The van der Waals surface area contributed by atoms with Crippen molar-refractivity contribution in [2.24, 2.45) is 10.8 Å². The number of hydrogen-bond donors (Lipinski definition) is 1. The van der Waals surface area contributed by atoms with E-state index in [2.05, 4.69) is 12.6 Å². The van der Waals surface area contributed by atoms with E-state index in [1.165, 1.54) is 13.8 Å². The summed E-state index contributed by atoms with van der Waals surface area (Å²) in [5.41, 5.74) is -1.88. The summed E-state index contributed by atoms with van der Waals surface area (Å²) >= 11 is 4.28. The summed E-state index contributed by atoms with van der Waals surface area (Å²) in [6.07, 6.45) is 1.48. The molecule has 0 aliphatic heterocycles. The Balaban J connectivity index is 4.85. The fourth-order valence-electron chi connectivity index (χ4n) is 2.55. The zero-order chi connectivity index (χ0) is 21.1. The van der Waals surface area contributed by atoms with Crippen LogP contribution in [0.1, 0.15) is 60.3 Å². The molecule has 27 heavy (non-hydrogen) atoms. The van der Waals surface area contributed by atoms with Crippen molar-refractivity contribution in [2.75, 3.05) is 25.6 Å². The van der Waals surface area contributed by atoms with Crippen LogP contribution >= 0.6 is 12.6 Å². The van der Waals surface area contributed by atoms with E-state index in [0.29, 0.717) is 19.3 Å². The Labute approximate surface area is 166 Å². The van der Waals surface area contributed by atoms with Gasteiger partial charge in [-0.05, 0) is 40.0 Å². The first kappa shape index (κ1) is 25.4. The van der Waals surface area contributed by atoms with E-state index in [1.807, 2.05) is 6.92 Å². The lowest BCUT2D eigenvalue weighted by Gasteiger charge is -2.35. The monoisotopic (exact) mass is 404 g/mol. The minimum absolute atomic E-state index is 0.0110. The number of hydrogen-bond acceptors (Lipinski definition) is 8. The van der Waals surface area contributed by atoms with Gasteiger partial charge in [-0.1, -0.05) is 6.92 Å². The van der Waals surface area contributed by atoms with Crippen molar-refractivity contribution >= 4 is 36.3 Å². The van der Waals surface area contributed by atoms with Crippen LogP contribution in [0.15, 0.2) is 0 Å². The summed E-state index contributed by atoms with van der Waals surface area (Å²) in [6, 6.07) is 0. The van der Waals surface area contributed by atoms with Gasteiger partial charge in [0.05, 0.1) is 17.4 Å². The Bertz CT molecular complexity index is 488. The fraction of sp³-hybridized carbons (Fsp3) is 0.789. The van der Waals surface area contributed by atoms with Gasteiger partial charge >= 0.3 is 17.9 Å². The fourth-order valence-corrected chi connectivity index (χ4v) is 2.79.